The molecule has 2 fully saturated rings. The molecule has 1 saturated carbocycles. The first-order chi connectivity index (χ1) is 12.7. The Balaban J connectivity index is 0.00000392. The Labute approximate surface area is 190 Å². The van der Waals surface area contributed by atoms with Gasteiger partial charge < -0.3 is 25.8 Å². The van der Waals surface area contributed by atoms with Crippen molar-refractivity contribution in [2.75, 3.05) is 24.6 Å². The molecule has 1 heterocycles. The molecule has 2 aliphatic rings. The molecule has 1 atom stereocenters. The van der Waals surface area contributed by atoms with Gasteiger partial charge in [0.05, 0.1) is 12.1 Å². The van der Waals surface area contributed by atoms with Crippen molar-refractivity contribution in [3.8, 4) is 0 Å². The van der Waals surface area contributed by atoms with Gasteiger partial charge >= 0.3 is 6.09 Å². The molecule has 7 nitrogen and oxygen atoms in total. The normalized spacial score (nSPS) is 28.2. The Kier molecular flexibility index (Phi) is 10.7. The summed E-state index contributed by atoms with van der Waals surface area (Å²) in [6.45, 7) is 8.87. The minimum Gasteiger partial charge on any atom is -0.444 e. The van der Waals surface area contributed by atoms with Gasteiger partial charge in [-0.05, 0) is 65.6 Å². The van der Waals surface area contributed by atoms with Crippen molar-refractivity contribution in [2.24, 2.45) is 4.99 Å². The van der Waals surface area contributed by atoms with Crippen LogP contribution in [0.2, 0.25) is 0 Å². The van der Waals surface area contributed by atoms with Gasteiger partial charge in [0.2, 0.25) is 0 Å². The fourth-order valence-electron chi connectivity index (χ4n) is 3.32. The van der Waals surface area contributed by atoms with Crippen molar-refractivity contribution in [3.63, 3.8) is 0 Å². The van der Waals surface area contributed by atoms with Gasteiger partial charge in [-0.2, -0.15) is 11.8 Å². The van der Waals surface area contributed by atoms with Crippen LogP contribution in [0.3, 0.4) is 0 Å². The number of carbonyl (C=O) groups excluding carboxylic acids is 1. The lowest BCUT2D eigenvalue weighted by Crippen LogP contribution is -2.48. The Morgan fingerprint density at radius 2 is 1.82 bits per heavy atom. The summed E-state index contributed by atoms with van der Waals surface area (Å²) in [5.41, 5.74) is -1.13. The summed E-state index contributed by atoms with van der Waals surface area (Å²) in [6.07, 6.45) is 4.22. The summed E-state index contributed by atoms with van der Waals surface area (Å²) in [5.74, 6) is 2.54. The molecule has 1 saturated heterocycles. The summed E-state index contributed by atoms with van der Waals surface area (Å²) in [6, 6.07) is 0.487. The maximum absolute atomic E-state index is 11.9. The summed E-state index contributed by atoms with van der Waals surface area (Å²) >= 11 is 1.79. The van der Waals surface area contributed by atoms with Gasteiger partial charge in [-0.3, -0.25) is 4.99 Å². The number of hydrogen-bond acceptors (Lipinski definition) is 5. The van der Waals surface area contributed by atoms with Crippen LogP contribution >= 0.6 is 35.7 Å². The van der Waals surface area contributed by atoms with E-state index >= 15 is 0 Å². The Morgan fingerprint density at radius 3 is 2.32 bits per heavy atom. The number of hydrogen-bond donors (Lipinski definition) is 4. The predicted octanol–water partition coefficient (Wildman–Crippen LogP) is 2.86. The van der Waals surface area contributed by atoms with Crippen molar-refractivity contribution < 1.29 is 14.6 Å². The average Bonchev–Trinajstić information content (AvgIpc) is 3.00. The Hall–Kier alpha value is -0.420. The fourth-order valence-corrected chi connectivity index (χ4v) is 4.60. The minimum atomic E-state index is -0.665. The number of nitrogens with one attached hydrogen (secondary N) is 3. The van der Waals surface area contributed by atoms with Gasteiger partial charge in [0, 0.05) is 24.4 Å². The molecule has 1 aliphatic heterocycles. The van der Waals surface area contributed by atoms with Crippen LogP contribution in [-0.2, 0) is 4.74 Å². The van der Waals surface area contributed by atoms with Gasteiger partial charge in [-0.15, -0.1) is 24.0 Å². The van der Waals surface area contributed by atoms with Crippen LogP contribution in [0.1, 0.15) is 59.8 Å². The van der Waals surface area contributed by atoms with E-state index in [1.165, 1.54) is 0 Å². The molecule has 0 aromatic rings. The molecule has 0 spiro atoms. The molecule has 4 N–H and O–H groups in total. The molecule has 1 unspecified atom stereocenters. The van der Waals surface area contributed by atoms with Gasteiger partial charge in [0.25, 0.3) is 0 Å². The number of guanidine groups is 1. The highest BCUT2D eigenvalue weighted by atomic mass is 127. The molecule has 9 heteroatoms. The van der Waals surface area contributed by atoms with Crippen LogP contribution in [0.4, 0.5) is 4.79 Å². The van der Waals surface area contributed by atoms with Crippen LogP contribution in [-0.4, -0.2) is 65.0 Å². The number of alkyl carbamates (subject to hydrolysis) is 1. The summed E-state index contributed by atoms with van der Waals surface area (Å²) < 4.78 is 5.33. The topological polar surface area (TPSA) is 95.0 Å². The number of amides is 1. The molecular formula is C19H37IN4O3S. The van der Waals surface area contributed by atoms with Crippen molar-refractivity contribution in [2.45, 2.75) is 83.1 Å². The third-order valence-electron chi connectivity index (χ3n) is 4.75. The van der Waals surface area contributed by atoms with Gasteiger partial charge in [-0.1, -0.05) is 0 Å². The highest BCUT2D eigenvalue weighted by molar-refractivity contribution is 14.0. The van der Waals surface area contributed by atoms with Crippen molar-refractivity contribution >= 4 is 47.8 Å². The van der Waals surface area contributed by atoms with Crippen LogP contribution in [0, 0.1) is 0 Å². The number of halogens is 1. The molecule has 2 rings (SSSR count). The second-order valence-corrected chi connectivity index (χ2v) is 9.67. The Morgan fingerprint density at radius 1 is 1.21 bits per heavy atom. The minimum absolute atomic E-state index is 0. The SMILES string of the molecule is CCNC(=NCC1(O)CCSC1)NC1CCC(NC(=O)OC(C)(C)C)CC1.I. The fraction of sp³-hybridized carbons (Fsp3) is 0.895. The molecular weight excluding hydrogens is 491 g/mol. The maximum Gasteiger partial charge on any atom is 0.407 e. The van der Waals surface area contributed by atoms with Crippen LogP contribution < -0.4 is 16.0 Å². The lowest BCUT2D eigenvalue weighted by molar-refractivity contribution is 0.0490. The van der Waals surface area contributed by atoms with Crippen LogP contribution in [0.15, 0.2) is 4.99 Å². The van der Waals surface area contributed by atoms with Crippen molar-refractivity contribution in [1.29, 1.82) is 0 Å². The molecule has 164 valence electrons. The molecule has 0 bridgehead atoms. The number of rotatable bonds is 5. The molecule has 0 aromatic heterocycles. The number of aliphatic hydroxyl groups is 1. The number of thioether (sulfide) groups is 1. The maximum atomic E-state index is 11.9. The molecule has 28 heavy (non-hydrogen) atoms. The number of carbonyl (C=O) groups is 1. The molecule has 1 aliphatic carbocycles. The second kappa shape index (κ2) is 11.7. The second-order valence-electron chi connectivity index (χ2n) is 8.56. The van der Waals surface area contributed by atoms with E-state index in [1.807, 2.05) is 27.7 Å². The summed E-state index contributed by atoms with van der Waals surface area (Å²) in [4.78, 5) is 16.5. The summed E-state index contributed by atoms with van der Waals surface area (Å²) in [7, 11) is 0. The third-order valence-corrected chi connectivity index (χ3v) is 5.98. The number of aliphatic imine (C=N–C) groups is 1. The zero-order chi connectivity index (χ0) is 19.9. The molecule has 0 aromatic carbocycles. The van der Waals surface area contributed by atoms with Crippen molar-refractivity contribution in [1.82, 2.24) is 16.0 Å². The Bertz CT molecular complexity index is 514. The highest BCUT2D eigenvalue weighted by Crippen LogP contribution is 2.28. The lowest BCUT2D eigenvalue weighted by Gasteiger charge is -2.31. The quantitative estimate of drug-likeness (QED) is 0.249. The van der Waals surface area contributed by atoms with E-state index < -0.39 is 11.2 Å². The predicted molar refractivity (Wildman–Crippen MR) is 127 cm³/mol. The van der Waals surface area contributed by atoms with Gasteiger partial charge in [-0.25, -0.2) is 4.79 Å². The number of nitrogens with zero attached hydrogens (tertiary/aromatic N) is 1. The van der Waals surface area contributed by atoms with E-state index in [9.17, 15) is 9.90 Å². The van der Waals surface area contributed by atoms with E-state index in [0.29, 0.717) is 12.6 Å². The largest absolute Gasteiger partial charge is 0.444 e. The van der Waals surface area contributed by atoms with E-state index in [-0.39, 0.29) is 36.1 Å². The zero-order valence-corrected chi connectivity index (χ0v) is 20.7. The monoisotopic (exact) mass is 528 g/mol. The lowest BCUT2D eigenvalue weighted by atomic mass is 9.91. The van der Waals surface area contributed by atoms with Crippen LogP contribution in [0.5, 0.6) is 0 Å². The van der Waals surface area contributed by atoms with E-state index in [4.69, 9.17) is 4.74 Å². The smallest absolute Gasteiger partial charge is 0.407 e. The van der Waals surface area contributed by atoms with Gasteiger partial charge in [0.1, 0.15) is 5.60 Å². The van der Waals surface area contributed by atoms with Crippen molar-refractivity contribution in [3.05, 3.63) is 0 Å². The first-order valence-corrected chi connectivity index (χ1v) is 11.2. The molecule has 1 amide bonds. The van der Waals surface area contributed by atoms with Crippen LogP contribution in [0.25, 0.3) is 0 Å². The van der Waals surface area contributed by atoms with E-state index in [2.05, 4.69) is 20.9 Å². The first-order valence-electron chi connectivity index (χ1n) is 10.0. The highest BCUT2D eigenvalue weighted by Gasteiger charge is 2.32. The average molecular weight is 529 g/mol. The van der Waals surface area contributed by atoms with E-state index in [1.54, 1.807) is 11.8 Å². The summed E-state index contributed by atoms with van der Waals surface area (Å²) in [5, 5.41) is 20.2. The zero-order valence-electron chi connectivity index (χ0n) is 17.5. The molecule has 0 radical (unpaired) electrons. The van der Waals surface area contributed by atoms with E-state index in [0.717, 1.165) is 56.1 Å². The van der Waals surface area contributed by atoms with Gasteiger partial charge in [0.15, 0.2) is 5.96 Å². The first kappa shape index (κ1) is 25.6. The number of ether oxygens (including phenoxy) is 1. The standard InChI is InChI=1S/C19H36N4O3S.HI/c1-5-20-16(21-12-19(25)10-11-27-13-19)22-14-6-8-15(9-7-14)23-17(24)26-18(2,3)4;/h14-15,25H,5-13H2,1-4H3,(H,23,24)(H2,20,21,22);1H. The third kappa shape index (κ3) is 9.39.